The average molecular weight is 338 g/mol. The van der Waals surface area contributed by atoms with Gasteiger partial charge in [0.25, 0.3) is 12.1 Å². The highest BCUT2D eigenvalue weighted by Gasteiger charge is 2.22. The van der Waals surface area contributed by atoms with Crippen LogP contribution in [0.2, 0.25) is 0 Å². The molecule has 24 heavy (non-hydrogen) atoms. The molecular weight excluding hydrogens is 322 g/mol. The molecule has 1 unspecified atom stereocenters. The first-order chi connectivity index (χ1) is 11.2. The maximum atomic E-state index is 12.7. The number of aromatic nitrogens is 2. The Bertz CT molecular complexity index is 789. The van der Waals surface area contributed by atoms with Gasteiger partial charge in [-0.05, 0) is 38.5 Å². The molecule has 0 aliphatic rings. The first-order valence-corrected chi connectivity index (χ1v) is 7.10. The molecule has 0 aliphatic carbocycles. The Morgan fingerprint density at radius 1 is 1.33 bits per heavy atom. The molecule has 1 heterocycles. The lowest BCUT2D eigenvalue weighted by Gasteiger charge is -2.15. The van der Waals surface area contributed by atoms with Gasteiger partial charge in [0, 0.05) is 23.5 Å². The highest BCUT2D eigenvalue weighted by Crippen LogP contribution is 2.24. The number of non-ortho nitro benzene ring substituents is 1. The number of nitrogens with one attached hydrogen (secondary N) is 1. The van der Waals surface area contributed by atoms with Crippen LogP contribution in [0.1, 0.15) is 36.3 Å². The number of nitro benzene ring substituents is 1. The first-order valence-electron chi connectivity index (χ1n) is 7.10. The third-order valence-electron chi connectivity index (χ3n) is 3.59. The number of aryl methyl sites for hydroxylation is 2. The average Bonchev–Trinajstić information content (AvgIpc) is 2.90. The van der Waals surface area contributed by atoms with Crippen LogP contribution >= 0.6 is 0 Å². The van der Waals surface area contributed by atoms with Crippen molar-refractivity contribution < 1.29 is 18.5 Å². The predicted octanol–water partition coefficient (Wildman–Crippen LogP) is 3.55. The van der Waals surface area contributed by atoms with Crippen LogP contribution in [0.15, 0.2) is 24.3 Å². The van der Waals surface area contributed by atoms with E-state index in [9.17, 15) is 23.7 Å². The molecule has 1 aromatic carbocycles. The van der Waals surface area contributed by atoms with E-state index in [-0.39, 0.29) is 5.69 Å². The van der Waals surface area contributed by atoms with Gasteiger partial charge in [-0.2, -0.15) is 5.10 Å². The Labute approximate surface area is 136 Å². The van der Waals surface area contributed by atoms with E-state index in [0.717, 1.165) is 0 Å². The van der Waals surface area contributed by atoms with Crippen molar-refractivity contribution in [2.45, 2.75) is 33.2 Å². The van der Waals surface area contributed by atoms with Gasteiger partial charge >= 0.3 is 0 Å². The summed E-state index contributed by atoms with van der Waals surface area (Å²) in [4.78, 5) is 22.5. The molecule has 9 heteroatoms. The van der Waals surface area contributed by atoms with Crippen LogP contribution in [-0.4, -0.2) is 20.6 Å². The zero-order chi connectivity index (χ0) is 18.0. The van der Waals surface area contributed by atoms with Crippen LogP contribution in [-0.2, 0) is 4.79 Å². The van der Waals surface area contributed by atoms with Gasteiger partial charge in [0.05, 0.1) is 4.92 Å². The quantitative estimate of drug-likeness (QED) is 0.667. The van der Waals surface area contributed by atoms with Crippen LogP contribution in [0.4, 0.5) is 20.2 Å². The Hall–Kier alpha value is -2.84. The molecule has 1 amide bonds. The Kier molecular flexibility index (Phi) is 4.91. The van der Waals surface area contributed by atoms with Crippen LogP contribution in [0.5, 0.6) is 0 Å². The Morgan fingerprint density at radius 2 is 2.00 bits per heavy atom. The number of halogens is 2. The number of benzene rings is 1. The summed E-state index contributed by atoms with van der Waals surface area (Å²) >= 11 is 0. The van der Waals surface area contributed by atoms with Crippen molar-refractivity contribution in [1.29, 1.82) is 0 Å². The lowest BCUT2D eigenvalue weighted by molar-refractivity contribution is -0.384. The van der Waals surface area contributed by atoms with Crippen molar-refractivity contribution in [2.75, 3.05) is 5.32 Å². The summed E-state index contributed by atoms with van der Waals surface area (Å²) in [5.41, 5.74) is 0.904. The van der Waals surface area contributed by atoms with Crippen molar-refractivity contribution in [2.24, 2.45) is 0 Å². The van der Waals surface area contributed by atoms with E-state index in [2.05, 4.69) is 10.4 Å². The molecule has 2 rings (SSSR count). The van der Waals surface area contributed by atoms with E-state index in [4.69, 9.17) is 0 Å². The fourth-order valence-electron chi connectivity index (χ4n) is 2.26. The second kappa shape index (κ2) is 6.73. The van der Waals surface area contributed by atoms with Crippen molar-refractivity contribution in [3.8, 4) is 0 Å². The molecule has 1 aromatic heterocycles. The van der Waals surface area contributed by atoms with Crippen LogP contribution in [0, 0.1) is 24.0 Å². The number of anilines is 1. The number of hydrogen-bond acceptors (Lipinski definition) is 4. The summed E-state index contributed by atoms with van der Waals surface area (Å²) < 4.78 is 26.6. The van der Waals surface area contributed by atoms with Gasteiger partial charge in [-0.25, -0.2) is 8.78 Å². The fourth-order valence-corrected chi connectivity index (χ4v) is 2.26. The number of carbonyl (C=O) groups excluding carboxylic acids is 1. The third-order valence-corrected chi connectivity index (χ3v) is 3.59. The number of carbonyl (C=O) groups is 1. The van der Waals surface area contributed by atoms with Gasteiger partial charge < -0.3 is 5.32 Å². The molecular formula is C15H16F2N4O3. The summed E-state index contributed by atoms with van der Waals surface area (Å²) in [6.07, 6.45) is -2.71. The van der Waals surface area contributed by atoms with E-state index in [0.29, 0.717) is 16.9 Å². The monoisotopic (exact) mass is 338 g/mol. The number of alkyl halides is 2. The van der Waals surface area contributed by atoms with Gasteiger partial charge in [-0.1, -0.05) is 0 Å². The standard InChI is InChI=1S/C15H16F2N4O3/c1-8-6-11(21(23)24)4-5-12(8)18-15(22)10(3)20-9(2)7-13(19-20)14(16)17/h4-7,10,14H,1-3H3,(H,18,22). The molecule has 0 aliphatic heterocycles. The molecule has 0 saturated heterocycles. The molecule has 0 spiro atoms. The molecule has 0 radical (unpaired) electrons. The van der Waals surface area contributed by atoms with Gasteiger partial charge in [0.2, 0.25) is 5.91 Å². The molecule has 1 atom stereocenters. The summed E-state index contributed by atoms with van der Waals surface area (Å²) in [6, 6.07) is 4.46. The third kappa shape index (κ3) is 3.55. The number of amides is 1. The second-order valence-corrected chi connectivity index (χ2v) is 5.38. The summed E-state index contributed by atoms with van der Waals surface area (Å²) in [5.74, 6) is -0.459. The zero-order valence-electron chi connectivity index (χ0n) is 13.3. The smallest absolute Gasteiger partial charge is 0.282 e. The first kappa shape index (κ1) is 17.5. The number of rotatable bonds is 5. The second-order valence-electron chi connectivity index (χ2n) is 5.38. The minimum atomic E-state index is -2.71. The number of nitro groups is 1. The SMILES string of the molecule is Cc1cc([N+](=O)[O-])ccc1NC(=O)C(C)n1nc(C(F)F)cc1C. The Morgan fingerprint density at radius 3 is 2.50 bits per heavy atom. The van der Waals surface area contributed by atoms with Crippen LogP contribution < -0.4 is 5.32 Å². The van der Waals surface area contributed by atoms with Crippen molar-refractivity contribution >= 4 is 17.3 Å². The van der Waals surface area contributed by atoms with E-state index in [1.54, 1.807) is 13.8 Å². The van der Waals surface area contributed by atoms with Crippen LogP contribution in [0.3, 0.4) is 0 Å². The maximum absolute atomic E-state index is 12.7. The molecule has 0 saturated carbocycles. The highest BCUT2D eigenvalue weighted by atomic mass is 19.3. The van der Waals surface area contributed by atoms with E-state index < -0.39 is 29.0 Å². The van der Waals surface area contributed by atoms with Crippen molar-refractivity contribution in [1.82, 2.24) is 9.78 Å². The minimum Gasteiger partial charge on any atom is -0.324 e. The summed E-state index contributed by atoms with van der Waals surface area (Å²) in [6.45, 7) is 4.74. The number of nitrogens with zero attached hydrogens (tertiary/aromatic N) is 3. The minimum absolute atomic E-state index is 0.0805. The van der Waals surface area contributed by atoms with Gasteiger partial charge in [0.15, 0.2) is 0 Å². The van der Waals surface area contributed by atoms with E-state index in [1.807, 2.05) is 0 Å². The Balaban J connectivity index is 2.19. The van der Waals surface area contributed by atoms with Gasteiger partial charge in [-0.3, -0.25) is 19.6 Å². The lowest BCUT2D eigenvalue weighted by atomic mass is 10.1. The molecule has 1 N–H and O–H groups in total. The molecule has 2 aromatic rings. The van der Waals surface area contributed by atoms with Crippen molar-refractivity contribution in [3.05, 3.63) is 51.3 Å². The van der Waals surface area contributed by atoms with Gasteiger partial charge in [0.1, 0.15) is 11.7 Å². The van der Waals surface area contributed by atoms with Crippen LogP contribution in [0.25, 0.3) is 0 Å². The lowest BCUT2D eigenvalue weighted by Crippen LogP contribution is -2.25. The van der Waals surface area contributed by atoms with E-state index >= 15 is 0 Å². The molecule has 0 bridgehead atoms. The van der Waals surface area contributed by atoms with Crippen molar-refractivity contribution in [3.63, 3.8) is 0 Å². The largest absolute Gasteiger partial charge is 0.324 e. The highest BCUT2D eigenvalue weighted by molar-refractivity contribution is 5.94. The fraction of sp³-hybridized carbons (Fsp3) is 0.333. The zero-order valence-corrected chi connectivity index (χ0v) is 13.3. The number of hydrogen-bond donors (Lipinski definition) is 1. The van der Waals surface area contributed by atoms with E-state index in [1.165, 1.54) is 35.9 Å². The maximum Gasteiger partial charge on any atom is 0.282 e. The summed E-state index contributed by atoms with van der Waals surface area (Å²) in [5, 5.41) is 17.1. The summed E-state index contributed by atoms with van der Waals surface area (Å²) in [7, 11) is 0. The molecule has 7 nitrogen and oxygen atoms in total. The molecule has 0 fully saturated rings. The predicted molar refractivity (Wildman–Crippen MR) is 83.1 cm³/mol. The molecule has 128 valence electrons. The van der Waals surface area contributed by atoms with Gasteiger partial charge in [-0.15, -0.1) is 0 Å². The topological polar surface area (TPSA) is 90.1 Å². The normalized spacial score (nSPS) is 12.2.